The number of terminal acetylenes is 1. The molecular formula is C17H24N2O5S. The number of ether oxygens (including phenoxy) is 2. The number of thiol groups is 1. The number of nitrogens with one attached hydrogen (secondary N) is 1. The lowest BCUT2D eigenvalue weighted by Gasteiger charge is -2.45. The van der Waals surface area contributed by atoms with Crippen LogP contribution in [0.3, 0.4) is 0 Å². The Kier molecular flexibility index (Phi) is 5.01. The van der Waals surface area contributed by atoms with Crippen molar-refractivity contribution in [3.05, 3.63) is 0 Å². The van der Waals surface area contributed by atoms with Gasteiger partial charge in [-0.15, -0.1) is 6.42 Å². The van der Waals surface area contributed by atoms with Gasteiger partial charge in [0.15, 0.2) is 6.61 Å². The number of hydrogen-bond acceptors (Lipinski definition) is 6. The molecule has 0 radical (unpaired) electrons. The summed E-state index contributed by atoms with van der Waals surface area (Å²) in [4.78, 5) is 38.3. The topological polar surface area (TPSA) is 84.9 Å². The molecule has 2 heterocycles. The minimum absolute atomic E-state index is 0.158. The van der Waals surface area contributed by atoms with Crippen molar-refractivity contribution >= 4 is 30.6 Å². The lowest BCUT2D eigenvalue weighted by molar-refractivity contribution is -0.164. The second kappa shape index (κ2) is 6.45. The molecule has 4 atom stereocenters. The standard InChI is InChI=1S/C17H24N2O5S/c1-7-8-23-14(21)11-17(5,6)12(25)10-9(13(20)19(10)11)18-15(22)24-16(2,3)4/h1,9-12,25H,8H2,2-6H3,(H,18,22). The predicted molar refractivity (Wildman–Crippen MR) is 93.9 cm³/mol. The summed E-state index contributed by atoms with van der Waals surface area (Å²) in [6.45, 7) is 8.72. The quantitative estimate of drug-likeness (QED) is 0.336. The molecule has 138 valence electrons. The van der Waals surface area contributed by atoms with Gasteiger partial charge in [0, 0.05) is 10.7 Å². The maximum atomic E-state index is 12.5. The number of hydrogen-bond donors (Lipinski definition) is 2. The molecule has 2 saturated heterocycles. The molecule has 0 saturated carbocycles. The number of β-lactam (4-membered cyclic amide) rings is 1. The summed E-state index contributed by atoms with van der Waals surface area (Å²) in [5.74, 6) is 1.31. The molecule has 2 aliphatic heterocycles. The van der Waals surface area contributed by atoms with Crippen LogP contribution in [0, 0.1) is 17.8 Å². The molecule has 7 nitrogen and oxygen atoms in total. The third-order valence-electron chi connectivity index (χ3n) is 4.45. The third-order valence-corrected chi connectivity index (χ3v) is 5.42. The van der Waals surface area contributed by atoms with E-state index in [-0.39, 0.29) is 17.8 Å². The van der Waals surface area contributed by atoms with Crippen molar-refractivity contribution in [3.8, 4) is 12.3 Å². The molecule has 4 unspecified atom stereocenters. The van der Waals surface area contributed by atoms with E-state index in [1.165, 1.54) is 4.90 Å². The van der Waals surface area contributed by atoms with Crippen LogP contribution < -0.4 is 5.32 Å². The number of rotatable bonds is 3. The smallest absolute Gasteiger partial charge is 0.408 e. The Bertz CT molecular complexity index is 634. The van der Waals surface area contributed by atoms with Gasteiger partial charge in [-0.05, 0) is 20.8 Å². The first-order chi connectivity index (χ1) is 11.4. The van der Waals surface area contributed by atoms with Gasteiger partial charge in [0.05, 0.1) is 6.04 Å². The summed E-state index contributed by atoms with van der Waals surface area (Å²) >= 11 is 4.60. The maximum absolute atomic E-state index is 12.5. The molecule has 2 amide bonds. The van der Waals surface area contributed by atoms with Crippen molar-refractivity contribution in [2.75, 3.05) is 6.61 Å². The highest BCUT2D eigenvalue weighted by Gasteiger charge is 2.68. The fourth-order valence-electron chi connectivity index (χ4n) is 3.32. The van der Waals surface area contributed by atoms with E-state index < -0.39 is 41.2 Å². The van der Waals surface area contributed by atoms with Crippen LogP contribution in [0.2, 0.25) is 0 Å². The Hall–Kier alpha value is -1.88. The summed E-state index contributed by atoms with van der Waals surface area (Å²) in [6, 6.07) is -1.98. The van der Waals surface area contributed by atoms with E-state index in [9.17, 15) is 14.4 Å². The van der Waals surface area contributed by atoms with Crippen molar-refractivity contribution < 1.29 is 23.9 Å². The van der Waals surface area contributed by atoms with E-state index in [4.69, 9.17) is 15.9 Å². The summed E-state index contributed by atoms with van der Waals surface area (Å²) in [7, 11) is 0. The first kappa shape index (κ1) is 19.4. The predicted octanol–water partition coefficient (Wildman–Crippen LogP) is 0.974. The Morgan fingerprint density at radius 3 is 2.52 bits per heavy atom. The van der Waals surface area contributed by atoms with Crippen molar-refractivity contribution in [1.29, 1.82) is 0 Å². The Morgan fingerprint density at radius 2 is 2.00 bits per heavy atom. The van der Waals surface area contributed by atoms with Crippen molar-refractivity contribution in [3.63, 3.8) is 0 Å². The number of alkyl carbamates (subject to hydrolysis) is 1. The van der Waals surface area contributed by atoms with Crippen LogP contribution >= 0.6 is 12.6 Å². The zero-order chi connectivity index (χ0) is 19.2. The minimum Gasteiger partial charge on any atom is -0.451 e. The number of amides is 2. The molecule has 0 aromatic heterocycles. The van der Waals surface area contributed by atoms with Gasteiger partial charge in [0.1, 0.15) is 17.7 Å². The Labute approximate surface area is 153 Å². The number of esters is 1. The van der Waals surface area contributed by atoms with Crippen molar-refractivity contribution in [2.45, 2.75) is 63.6 Å². The van der Waals surface area contributed by atoms with Crippen LogP contribution in [0.1, 0.15) is 34.6 Å². The molecule has 2 aliphatic rings. The Balaban J connectivity index is 2.15. The lowest BCUT2D eigenvalue weighted by atomic mass is 9.82. The highest BCUT2D eigenvalue weighted by Crippen LogP contribution is 2.49. The van der Waals surface area contributed by atoms with E-state index >= 15 is 0 Å². The molecule has 25 heavy (non-hydrogen) atoms. The van der Waals surface area contributed by atoms with Gasteiger partial charge in [-0.3, -0.25) is 4.79 Å². The zero-order valence-electron chi connectivity index (χ0n) is 15.0. The fraction of sp³-hybridized carbons (Fsp3) is 0.706. The molecule has 2 fully saturated rings. The molecule has 2 rings (SSSR count). The van der Waals surface area contributed by atoms with Crippen molar-refractivity contribution in [2.24, 2.45) is 5.41 Å². The van der Waals surface area contributed by atoms with Gasteiger partial charge >= 0.3 is 12.1 Å². The van der Waals surface area contributed by atoms with Crippen molar-refractivity contribution in [1.82, 2.24) is 10.2 Å². The normalized spacial score (nSPS) is 30.0. The second-order valence-corrected chi connectivity index (χ2v) is 8.40. The number of carbonyl (C=O) groups is 3. The zero-order valence-corrected chi connectivity index (χ0v) is 15.9. The summed E-state index contributed by atoms with van der Waals surface area (Å²) in [6.07, 6.45) is 4.44. The van der Waals surface area contributed by atoms with E-state index in [1.54, 1.807) is 20.8 Å². The number of nitrogens with zero attached hydrogens (tertiary/aromatic N) is 1. The lowest BCUT2D eigenvalue weighted by Crippen LogP contribution is -2.72. The van der Waals surface area contributed by atoms with Crippen LogP contribution in [0.25, 0.3) is 0 Å². The van der Waals surface area contributed by atoms with Crippen LogP contribution in [-0.2, 0) is 19.1 Å². The van der Waals surface area contributed by atoms with E-state index in [2.05, 4.69) is 23.9 Å². The van der Waals surface area contributed by atoms with Crippen LogP contribution in [0.5, 0.6) is 0 Å². The maximum Gasteiger partial charge on any atom is 0.408 e. The van der Waals surface area contributed by atoms with Crippen LogP contribution in [0.15, 0.2) is 0 Å². The molecule has 0 spiro atoms. The van der Waals surface area contributed by atoms with E-state index in [1.807, 2.05) is 13.8 Å². The first-order valence-corrected chi connectivity index (χ1v) is 8.53. The SMILES string of the molecule is C#CCOC(=O)C1N2C(=O)C(NC(=O)OC(C)(C)C)C2C(S)C1(C)C. The first-order valence-electron chi connectivity index (χ1n) is 8.01. The molecule has 0 aromatic rings. The van der Waals surface area contributed by atoms with Gasteiger partial charge < -0.3 is 19.7 Å². The monoisotopic (exact) mass is 368 g/mol. The third kappa shape index (κ3) is 3.43. The van der Waals surface area contributed by atoms with Gasteiger partial charge in [-0.1, -0.05) is 19.8 Å². The van der Waals surface area contributed by atoms with E-state index in [0.29, 0.717) is 0 Å². The highest BCUT2D eigenvalue weighted by atomic mass is 32.1. The molecule has 0 bridgehead atoms. The number of carbonyl (C=O) groups excluding carboxylic acids is 3. The fourth-order valence-corrected chi connectivity index (χ4v) is 3.77. The molecular weight excluding hydrogens is 344 g/mol. The average Bonchev–Trinajstić information content (AvgIpc) is 2.66. The van der Waals surface area contributed by atoms with Gasteiger partial charge in [-0.2, -0.15) is 12.6 Å². The summed E-state index contributed by atoms with van der Waals surface area (Å²) in [5.41, 5.74) is -1.31. The second-order valence-electron chi connectivity index (χ2n) is 7.84. The van der Waals surface area contributed by atoms with Gasteiger partial charge in [0.2, 0.25) is 5.91 Å². The molecule has 0 aliphatic carbocycles. The largest absolute Gasteiger partial charge is 0.451 e. The molecule has 0 aromatic carbocycles. The summed E-state index contributed by atoms with van der Waals surface area (Å²) in [5, 5.41) is 2.25. The molecule has 1 N–H and O–H groups in total. The Morgan fingerprint density at radius 1 is 1.40 bits per heavy atom. The average molecular weight is 368 g/mol. The van der Waals surface area contributed by atoms with Crippen LogP contribution in [-0.4, -0.2) is 58.5 Å². The summed E-state index contributed by atoms with van der Waals surface area (Å²) < 4.78 is 10.2. The highest BCUT2D eigenvalue weighted by molar-refractivity contribution is 7.81. The molecule has 8 heteroatoms. The minimum atomic E-state index is -0.794. The number of fused-ring (bicyclic) bond motifs is 1. The van der Waals surface area contributed by atoms with Crippen LogP contribution in [0.4, 0.5) is 4.79 Å². The van der Waals surface area contributed by atoms with Gasteiger partial charge in [0.25, 0.3) is 0 Å². The van der Waals surface area contributed by atoms with E-state index in [0.717, 1.165) is 0 Å². The van der Waals surface area contributed by atoms with Gasteiger partial charge in [-0.25, -0.2) is 9.59 Å².